The van der Waals surface area contributed by atoms with Gasteiger partial charge in [-0.05, 0) is 61.9 Å². The summed E-state index contributed by atoms with van der Waals surface area (Å²) >= 11 is 0. The molecule has 0 radical (unpaired) electrons. The van der Waals surface area contributed by atoms with Gasteiger partial charge in [-0.25, -0.2) is 0 Å². The third-order valence-electron chi connectivity index (χ3n) is 5.39. The zero-order chi connectivity index (χ0) is 12.7. The molecule has 0 unspecified atom stereocenters. The molecule has 0 aromatic carbocycles. The third-order valence-corrected chi connectivity index (χ3v) is 5.39. The summed E-state index contributed by atoms with van der Waals surface area (Å²) in [5.41, 5.74) is 0.725. The summed E-state index contributed by atoms with van der Waals surface area (Å²) in [6.07, 6.45) is 6.60. The molecule has 0 amide bonds. The lowest BCUT2D eigenvalue weighted by atomic mass is 9.53. The molecule has 4 atom stereocenters. The van der Waals surface area contributed by atoms with E-state index in [1.54, 1.807) is 0 Å². The lowest BCUT2D eigenvalue weighted by Gasteiger charge is -2.54. The molecule has 2 aliphatic carbocycles. The highest BCUT2D eigenvalue weighted by Crippen LogP contribution is 2.56. The van der Waals surface area contributed by atoms with Crippen molar-refractivity contribution in [2.24, 2.45) is 17.3 Å². The molecule has 0 aromatic heterocycles. The van der Waals surface area contributed by atoms with Crippen LogP contribution in [0.15, 0.2) is 12.2 Å². The Hall–Kier alpha value is -0.340. The predicted octanol–water partition coefficient (Wildman–Crippen LogP) is 2.89. The smallest absolute Gasteiger partial charge is 0.0653 e. The van der Waals surface area contributed by atoms with E-state index in [1.165, 1.54) is 6.42 Å². The number of hydrogen-bond donors (Lipinski definition) is 2. The molecule has 2 fully saturated rings. The molecule has 2 rings (SSSR count). The molecule has 2 saturated carbocycles. The van der Waals surface area contributed by atoms with Gasteiger partial charge in [0.1, 0.15) is 0 Å². The van der Waals surface area contributed by atoms with Gasteiger partial charge in [-0.2, -0.15) is 0 Å². The number of hydrogen-bond acceptors (Lipinski definition) is 2. The molecule has 0 aliphatic heterocycles. The predicted molar refractivity (Wildman–Crippen MR) is 69.6 cm³/mol. The van der Waals surface area contributed by atoms with Gasteiger partial charge in [0.05, 0.1) is 12.2 Å². The average Bonchev–Trinajstić information content (AvgIpc) is 2.27. The van der Waals surface area contributed by atoms with E-state index in [0.717, 1.165) is 37.7 Å². The first kappa shape index (κ1) is 13.1. The Balaban J connectivity index is 2.17. The Morgan fingerprint density at radius 1 is 1.29 bits per heavy atom. The first-order valence-corrected chi connectivity index (χ1v) is 6.90. The normalized spacial score (nSPS) is 46.4. The number of aliphatic hydroxyl groups is 2. The minimum atomic E-state index is -0.526. The Morgan fingerprint density at radius 3 is 2.65 bits per heavy atom. The molecule has 98 valence electrons. The molecule has 2 nitrogen and oxygen atoms in total. The summed E-state index contributed by atoms with van der Waals surface area (Å²) < 4.78 is 0. The van der Waals surface area contributed by atoms with Crippen LogP contribution in [0.3, 0.4) is 0 Å². The fourth-order valence-corrected chi connectivity index (χ4v) is 4.19. The van der Waals surface area contributed by atoms with Crippen LogP contribution >= 0.6 is 0 Å². The van der Waals surface area contributed by atoms with E-state index in [-0.39, 0.29) is 6.61 Å². The zero-order valence-electron chi connectivity index (χ0n) is 11.2. The highest BCUT2D eigenvalue weighted by Gasteiger charge is 2.50. The maximum absolute atomic E-state index is 10.6. The Morgan fingerprint density at radius 2 is 2.00 bits per heavy atom. The maximum atomic E-state index is 10.6. The molecule has 0 heterocycles. The summed E-state index contributed by atoms with van der Waals surface area (Å²) in [5.74, 6) is 0.772. The van der Waals surface area contributed by atoms with Crippen LogP contribution in [-0.4, -0.2) is 22.4 Å². The number of aliphatic hydroxyl groups excluding tert-OH is 1. The molecule has 17 heavy (non-hydrogen) atoms. The fourth-order valence-electron chi connectivity index (χ4n) is 4.19. The standard InChI is InChI=1S/C15H26O2/c1-11(10-16)12-5-8-14(2)6-4-7-15(3,17)13(14)9-12/h12-13,16-17H,1,4-10H2,2-3H3/t12-,13+,14-,15-/m1/s1. The summed E-state index contributed by atoms with van der Waals surface area (Å²) in [6, 6.07) is 0. The second-order valence-corrected chi connectivity index (χ2v) is 6.71. The lowest BCUT2D eigenvalue weighted by molar-refractivity contribution is -0.120. The summed E-state index contributed by atoms with van der Waals surface area (Å²) in [5, 5.41) is 19.8. The Labute approximate surface area is 105 Å². The van der Waals surface area contributed by atoms with Crippen LogP contribution in [-0.2, 0) is 0 Å². The quantitative estimate of drug-likeness (QED) is 0.726. The van der Waals surface area contributed by atoms with E-state index in [4.69, 9.17) is 0 Å². The second-order valence-electron chi connectivity index (χ2n) is 6.71. The molecule has 0 spiro atoms. The van der Waals surface area contributed by atoms with Crippen LogP contribution in [0.2, 0.25) is 0 Å². The molecule has 0 bridgehead atoms. The summed E-state index contributed by atoms with van der Waals surface area (Å²) in [7, 11) is 0. The van der Waals surface area contributed by atoms with Gasteiger partial charge in [-0.3, -0.25) is 0 Å². The first-order valence-electron chi connectivity index (χ1n) is 6.90. The topological polar surface area (TPSA) is 40.5 Å². The van der Waals surface area contributed by atoms with Gasteiger partial charge < -0.3 is 10.2 Å². The highest BCUT2D eigenvalue weighted by molar-refractivity contribution is 5.09. The highest BCUT2D eigenvalue weighted by atomic mass is 16.3. The van der Waals surface area contributed by atoms with Crippen molar-refractivity contribution in [3.63, 3.8) is 0 Å². The zero-order valence-corrected chi connectivity index (χ0v) is 11.2. The molecule has 0 saturated heterocycles. The second kappa shape index (κ2) is 4.40. The van der Waals surface area contributed by atoms with Crippen molar-refractivity contribution in [2.45, 2.75) is 58.0 Å². The van der Waals surface area contributed by atoms with Crippen LogP contribution in [0, 0.1) is 17.3 Å². The Bertz CT molecular complexity index is 308. The van der Waals surface area contributed by atoms with Gasteiger partial charge in [0.25, 0.3) is 0 Å². The van der Waals surface area contributed by atoms with Gasteiger partial charge in [0.15, 0.2) is 0 Å². The van der Waals surface area contributed by atoms with Crippen molar-refractivity contribution >= 4 is 0 Å². The molecule has 2 N–H and O–H groups in total. The average molecular weight is 238 g/mol. The Kier molecular flexibility index (Phi) is 3.39. The SMILES string of the molecule is C=C(CO)[C@@H]1CC[C@@]2(C)CCC[C@@](C)(O)[C@H]2C1. The monoisotopic (exact) mass is 238 g/mol. The van der Waals surface area contributed by atoms with Gasteiger partial charge >= 0.3 is 0 Å². The van der Waals surface area contributed by atoms with E-state index >= 15 is 0 Å². The summed E-state index contributed by atoms with van der Waals surface area (Å²) in [6.45, 7) is 8.40. The van der Waals surface area contributed by atoms with E-state index in [9.17, 15) is 10.2 Å². The van der Waals surface area contributed by atoms with Crippen molar-refractivity contribution in [3.05, 3.63) is 12.2 Å². The number of rotatable bonds is 2. The lowest BCUT2D eigenvalue weighted by Crippen LogP contribution is -2.51. The summed E-state index contributed by atoms with van der Waals surface area (Å²) in [4.78, 5) is 0. The van der Waals surface area contributed by atoms with Crippen molar-refractivity contribution in [1.82, 2.24) is 0 Å². The minimum absolute atomic E-state index is 0.0935. The van der Waals surface area contributed by atoms with E-state index in [1.807, 2.05) is 6.92 Å². The van der Waals surface area contributed by atoms with Crippen LogP contribution in [0.5, 0.6) is 0 Å². The van der Waals surface area contributed by atoms with Crippen molar-refractivity contribution in [1.29, 1.82) is 0 Å². The van der Waals surface area contributed by atoms with Crippen LogP contribution in [0.4, 0.5) is 0 Å². The molecular formula is C15H26O2. The van der Waals surface area contributed by atoms with Crippen molar-refractivity contribution < 1.29 is 10.2 Å². The van der Waals surface area contributed by atoms with Gasteiger partial charge in [-0.1, -0.05) is 19.9 Å². The fraction of sp³-hybridized carbons (Fsp3) is 0.867. The van der Waals surface area contributed by atoms with Crippen LogP contribution < -0.4 is 0 Å². The van der Waals surface area contributed by atoms with Crippen LogP contribution in [0.25, 0.3) is 0 Å². The van der Waals surface area contributed by atoms with E-state index in [0.29, 0.717) is 17.3 Å². The molecular weight excluding hydrogens is 212 g/mol. The van der Waals surface area contributed by atoms with E-state index in [2.05, 4.69) is 13.5 Å². The molecule has 0 aromatic rings. The first-order chi connectivity index (χ1) is 7.89. The number of fused-ring (bicyclic) bond motifs is 1. The van der Waals surface area contributed by atoms with Crippen LogP contribution in [0.1, 0.15) is 52.4 Å². The van der Waals surface area contributed by atoms with Crippen molar-refractivity contribution in [2.75, 3.05) is 6.61 Å². The molecule has 2 heteroatoms. The van der Waals surface area contributed by atoms with Gasteiger partial charge in [0.2, 0.25) is 0 Å². The van der Waals surface area contributed by atoms with Gasteiger partial charge in [-0.15, -0.1) is 0 Å². The van der Waals surface area contributed by atoms with Gasteiger partial charge in [0, 0.05) is 0 Å². The maximum Gasteiger partial charge on any atom is 0.0653 e. The van der Waals surface area contributed by atoms with E-state index < -0.39 is 5.60 Å². The van der Waals surface area contributed by atoms with Crippen molar-refractivity contribution in [3.8, 4) is 0 Å². The largest absolute Gasteiger partial charge is 0.392 e. The third kappa shape index (κ3) is 2.30. The molecule has 2 aliphatic rings. The minimum Gasteiger partial charge on any atom is -0.392 e.